The van der Waals surface area contributed by atoms with Gasteiger partial charge in [-0.1, -0.05) is 18.1 Å². The average Bonchev–Trinajstić information content (AvgIpc) is 2.28. The van der Waals surface area contributed by atoms with Crippen molar-refractivity contribution in [3.05, 3.63) is 29.8 Å². The molecule has 1 aromatic carbocycles. The highest BCUT2D eigenvalue weighted by atomic mass is 32.2. The predicted molar refractivity (Wildman–Crippen MR) is 65.1 cm³/mol. The number of hydrogen-bond acceptors (Lipinski definition) is 3. The van der Waals surface area contributed by atoms with Gasteiger partial charge in [-0.2, -0.15) is 4.72 Å². The van der Waals surface area contributed by atoms with Gasteiger partial charge in [0.25, 0.3) is 0 Å². The molecule has 0 saturated carbocycles. The molecule has 1 N–H and O–H groups in total. The lowest BCUT2D eigenvalue weighted by Gasteiger charge is -2.09. The Balaban J connectivity index is 3.12. The Labute approximate surface area is 101 Å². The number of rotatable bonds is 4. The molecule has 1 atom stereocenters. The van der Waals surface area contributed by atoms with Gasteiger partial charge in [0.1, 0.15) is 0 Å². The Morgan fingerprint density at radius 2 is 2.12 bits per heavy atom. The standard InChI is InChI=1S/C12H13NO3S/c1-4-9(2)13-17(15,16)12-7-5-6-11(8-12)10(3)14/h1,5-9,13H,2-3H3. The van der Waals surface area contributed by atoms with Gasteiger partial charge >= 0.3 is 0 Å². The zero-order valence-corrected chi connectivity index (χ0v) is 10.4. The fourth-order valence-corrected chi connectivity index (χ4v) is 2.43. The summed E-state index contributed by atoms with van der Waals surface area (Å²) in [6, 6.07) is 5.23. The third-order valence-corrected chi connectivity index (χ3v) is 3.67. The molecule has 0 aromatic heterocycles. The number of terminal acetylenes is 1. The summed E-state index contributed by atoms with van der Waals surface area (Å²) < 4.78 is 26.0. The minimum absolute atomic E-state index is 0.0345. The van der Waals surface area contributed by atoms with Crippen molar-refractivity contribution in [2.45, 2.75) is 24.8 Å². The fourth-order valence-electron chi connectivity index (χ4n) is 1.22. The quantitative estimate of drug-likeness (QED) is 0.646. The van der Waals surface area contributed by atoms with Crippen molar-refractivity contribution >= 4 is 15.8 Å². The minimum atomic E-state index is -3.67. The number of benzene rings is 1. The molecule has 0 radical (unpaired) electrons. The highest BCUT2D eigenvalue weighted by Crippen LogP contribution is 2.12. The van der Waals surface area contributed by atoms with Crippen LogP contribution in [0.25, 0.3) is 0 Å². The minimum Gasteiger partial charge on any atom is -0.295 e. The number of hydrogen-bond donors (Lipinski definition) is 1. The van der Waals surface area contributed by atoms with E-state index in [1.165, 1.54) is 25.1 Å². The van der Waals surface area contributed by atoms with Crippen LogP contribution >= 0.6 is 0 Å². The van der Waals surface area contributed by atoms with E-state index < -0.39 is 16.1 Å². The predicted octanol–water partition coefficient (Wildman–Crippen LogP) is 1.19. The molecule has 1 unspecified atom stereocenters. The lowest BCUT2D eigenvalue weighted by Crippen LogP contribution is -2.31. The molecular formula is C12H13NO3S. The topological polar surface area (TPSA) is 63.2 Å². The third-order valence-electron chi connectivity index (χ3n) is 2.13. The summed E-state index contributed by atoms with van der Waals surface area (Å²) in [6.45, 7) is 2.94. The van der Waals surface area contributed by atoms with Crippen LogP contribution < -0.4 is 4.72 Å². The summed E-state index contributed by atoms with van der Waals surface area (Å²) in [4.78, 5) is 11.2. The van der Waals surface area contributed by atoms with Gasteiger partial charge in [-0.15, -0.1) is 6.42 Å². The van der Waals surface area contributed by atoms with Crippen molar-refractivity contribution in [3.63, 3.8) is 0 Å². The van der Waals surface area contributed by atoms with Gasteiger partial charge in [-0.05, 0) is 26.0 Å². The first-order valence-corrected chi connectivity index (χ1v) is 6.44. The van der Waals surface area contributed by atoms with Crippen molar-refractivity contribution in [2.75, 3.05) is 0 Å². The average molecular weight is 251 g/mol. The number of sulfonamides is 1. The molecule has 1 rings (SSSR count). The Bertz CT molecular complexity index is 570. The lowest BCUT2D eigenvalue weighted by molar-refractivity contribution is 0.101. The summed E-state index contributed by atoms with van der Waals surface area (Å²) >= 11 is 0. The van der Waals surface area contributed by atoms with Crippen LogP contribution in [0.5, 0.6) is 0 Å². The summed E-state index contributed by atoms with van der Waals surface area (Å²) in [6.07, 6.45) is 5.10. The van der Waals surface area contributed by atoms with Crippen LogP contribution in [0.3, 0.4) is 0 Å². The molecule has 0 aliphatic heterocycles. The monoisotopic (exact) mass is 251 g/mol. The van der Waals surface area contributed by atoms with Crippen LogP contribution in [0.15, 0.2) is 29.2 Å². The number of carbonyl (C=O) groups excluding carboxylic acids is 1. The zero-order chi connectivity index (χ0) is 13.1. The van der Waals surface area contributed by atoms with E-state index in [2.05, 4.69) is 10.6 Å². The highest BCUT2D eigenvalue weighted by Gasteiger charge is 2.16. The van der Waals surface area contributed by atoms with Gasteiger partial charge in [0.2, 0.25) is 10.0 Å². The normalized spacial score (nSPS) is 12.8. The SMILES string of the molecule is C#CC(C)NS(=O)(=O)c1cccc(C(C)=O)c1. The Morgan fingerprint density at radius 1 is 1.47 bits per heavy atom. The largest absolute Gasteiger partial charge is 0.295 e. The molecule has 17 heavy (non-hydrogen) atoms. The van der Waals surface area contributed by atoms with Crippen LogP contribution in [0.2, 0.25) is 0 Å². The van der Waals surface area contributed by atoms with E-state index in [0.717, 1.165) is 0 Å². The second-order valence-corrected chi connectivity index (χ2v) is 5.31. The molecule has 0 amide bonds. The van der Waals surface area contributed by atoms with E-state index >= 15 is 0 Å². The van der Waals surface area contributed by atoms with Crippen molar-refractivity contribution < 1.29 is 13.2 Å². The van der Waals surface area contributed by atoms with Gasteiger partial charge < -0.3 is 0 Å². The van der Waals surface area contributed by atoms with Crippen molar-refractivity contribution in [1.29, 1.82) is 0 Å². The molecule has 4 nitrogen and oxygen atoms in total. The number of nitrogens with one attached hydrogen (secondary N) is 1. The third kappa shape index (κ3) is 3.41. The van der Waals surface area contributed by atoms with Crippen molar-refractivity contribution in [3.8, 4) is 12.3 Å². The summed E-state index contributed by atoms with van der Waals surface area (Å²) in [5.41, 5.74) is 0.348. The molecule has 0 fully saturated rings. The second kappa shape index (κ2) is 5.13. The van der Waals surface area contributed by atoms with Gasteiger partial charge in [0, 0.05) is 5.56 Å². The van der Waals surface area contributed by atoms with Gasteiger partial charge in [0.15, 0.2) is 5.78 Å². The van der Waals surface area contributed by atoms with Gasteiger partial charge in [-0.3, -0.25) is 4.79 Å². The van der Waals surface area contributed by atoms with E-state index in [9.17, 15) is 13.2 Å². The zero-order valence-electron chi connectivity index (χ0n) is 9.60. The van der Waals surface area contributed by atoms with Crippen LogP contribution in [-0.2, 0) is 10.0 Å². The molecule has 0 saturated heterocycles. The highest BCUT2D eigenvalue weighted by molar-refractivity contribution is 7.89. The maximum Gasteiger partial charge on any atom is 0.241 e. The molecule has 90 valence electrons. The Hall–Kier alpha value is -1.64. The maximum absolute atomic E-state index is 11.9. The number of ketones is 1. The van der Waals surface area contributed by atoms with Crippen LogP contribution in [-0.4, -0.2) is 20.2 Å². The Morgan fingerprint density at radius 3 is 2.65 bits per heavy atom. The summed E-state index contributed by atoms with van der Waals surface area (Å²) in [7, 11) is -3.67. The first kappa shape index (κ1) is 13.4. The first-order chi connectivity index (χ1) is 7.86. The summed E-state index contributed by atoms with van der Waals surface area (Å²) in [5, 5.41) is 0. The lowest BCUT2D eigenvalue weighted by atomic mass is 10.2. The van der Waals surface area contributed by atoms with Crippen molar-refractivity contribution in [1.82, 2.24) is 4.72 Å². The molecule has 0 spiro atoms. The van der Waals surface area contributed by atoms with Crippen molar-refractivity contribution in [2.24, 2.45) is 0 Å². The van der Waals surface area contributed by atoms with E-state index in [1.54, 1.807) is 13.0 Å². The smallest absolute Gasteiger partial charge is 0.241 e. The second-order valence-electron chi connectivity index (χ2n) is 3.59. The molecule has 1 aromatic rings. The number of carbonyl (C=O) groups is 1. The van der Waals surface area contributed by atoms with Gasteiger partial charge in [0.05, 0.1) is 10.9 Å². The maximum atomic E-state index is 11.9. The molecule has 0 aliphatic carbocycles. The number of Topliss-reactive ketones (excluding diaryl/α,β-unsaturated/α-hetero) is 1. The van der Waals surface area contributed by atoms with E-state index in [4.69, 9.17) is 6.42 Å². The Kier molecular flexibility index (Phi) is 4.05. The van der Waals surface area contributed by atoms with E-state index in [1.807, 2.05) is 0 Å². The molecule has 0 aliphatic rings. The van der Waals surface area contributed by atoms with Crippen LogP contribution in [0.1, 0.15) is 24.2 Å². The first-order valence-electron chi connectivity index (χ1n) is 4.96. The molecule has 5 heteroatoms. The fraction of sp³-hybridized carbons (Fsp3) is 0.250. The molecular weight excluding hydrogens is 238 g/mol. The summed E-state index contributed by atoms with van der Waals surface area (Å²) in [5.74, 6) is 2.08. The van der Waals surface area contributed by atoms with Gasteiger partial charge in [-0.25, -0.2) is 8.42 Å². The van der Waals surface area contributed by atoms with Crippen LogP contribution in [0, 0.1) is 12.3 Å². The van der Waals surface area contributed by atoms with Crippen LogP contribution in [0.4, 0.5) is 0 Å². The molecule has 0 heterocycles. The van der Waals surface area contributed by atoms with E-state index in [0.29, 0.717) is 5.56 Å². The van der Waals surface area contributed by atoms with E-state index in [-0.39, 0.29) is 10.7 Å². The molecule has 0 bridgehead atoms.